The first-order chi connectivity index (χ1) is 12.9. The average Bonchev–Trinajstić information content (AvgIpc) is 3.41. The van der Waals surface area contributed by atoms with Crippen LogP contribution in [-0.4, -0.2) is 4.21 Å². The molecule has 28 heavy (non-hydrogen) atoms. The van der Waals surface area contributed by atoms with Gasteiger partial charge < -0.3 is 24.8 Å². The Labute approximate surface area is 195 Å². The van der Waals surface area contributed by atoms with Crippen molar-refractivity contribution < 1.29 is 49.0 Å². The van der Waals surface area contributed by atoms with Crippen molar-refractivity contribution in [2.24, 2.45) is 0 Å². The van der Waals surface area contributed by atoms with Gasteiger partial charge in [0.25, 0.3) is 0 Å². The van der Waals surface area contributed by atoms with Crippen LogP contribution in [0.4, 0.5) is 0 Å². The van der Waals surface area contributed by atoms with Crippen molar-refractivity contribution in [3.63, 3.8) is 0 Å². The maximum absolute atomic E-state index is 3.59. The van der Waals surface area contributed by atoms with E-state index in [9.17, 15) is 0 Å². The Kier molecular flexibility index (Phi) is 11.2. The van der Waals surface area contributed by atoms with Crippen LogP contribution in [0.1, 0.15) is 17.5 Å². The van der Waals surface area contributed by atoms with Crippen LogP contribution in [0.25, 0.3) is 22.3 Å². The predicted molar refractivity (Wildman–Crippen MR) is 108 cm³/mol. The van der Waals surface area contributed by atoms with Gasteiger partial charge >= 0.3 is 28.4 Å². The van der Waals surface area contributed by atoms with Crippen molar-refractivity contribution in [1.29, 1.82) is 0 Å². The maximum Gasteiger partial charge on any atom is -0.0195 e. The molecule has 0 N–H and O–H groups in total. The molecule has 3 aromatic carbocycles. The number of hydrogen-bond acceptors (Lipinski definition) is 0. The van der Waals surface area contributed by atoms with E-state index in [0.717, 1.165) is 12.8 Å². The normalized spacial score (nSPS) is 11.5. The molecule has 2 aliphatic rings. The molecule has 0 amide bonds. The minimum Gasteiger partial charge on any atom is -1.00 e. The SMILES string of the molecule is [C-]1=CC=CC1.[CH2]=[Zr+2].[Cl-].[Cl-].[c-]1c(-c2ccccc2)ccc2c1Cc1ccccc1-2. The number of fused-ring (bicyclic) bond motifs is 3. The van der Waals surface area contributed by atoms with Crippen LogP contribution in [0, 0.1) is 12.1 Å². The molecule has 5 rings (SSSR count). The second kappa shape index (κ2) is 12.8. The van der Waals surface area contributed by atoms with Crippen LogP contribution in [-0.2, 0) is 30.7 Å². The first kappa shape index (κ1) is 24.5. The van der Waals surface area contributed by atoms with Gasteiger partial charge in [-0.25, -0.2) is 12.2 Å². The molecule has 3 aromatic rings. The van der Waals surface area contributed by atoms with Crippen LogP contribution in [0.15, 0.2) is 85.0 Å². The number of benzene rings is 3. The smallest absolute Gasteiger partial charge is 0.0195 e. The molecule has 2 aliphatic carbocycles. The number of rotatable bonds is 1. The van der Waals surface area contributed by atoms with Gasteiger partial charge in [0.15, 0.2) is 0 Å². The molecular formula is C25H20Cl2Zr-2. The van der Waals surface area contributed by atoms with Crippen molar-refractivity contribution in [3.05, 3.63) is 108 Å². The van der Waals surface area contributed by atoms with E-state index in [2.05, 4.69) is 83.1 Å². The summed E-state index contributed by atoms with van der Waals surface area (Å²) in [5.41, 5.74) is 7.87. The van der Waals surface area contributed by atoms with E-state index in [1.54, 1.807) is 0 Å². The van der Waals surface area contributed by atoms with E-state index in [1.807, 2.05) is 18.2 Å². The van der Waals surface area contributed by atoms with E-state index in [-0.39, 0.29) is 24.8 Å². The molecular weight excluding hydrogens is 462 g/mol. The predicted octanol–water partition coefficient (Wildman–Crippen LogP) is 0.00388. The molecule has 0 spiro atoms. The van der Waals surface area contributed by atoms with E-state index >= 15 is 0 Å². The standard InChI is InChI=1S/C19H13.C5H5.CH2.2ClH.Zr/c1-2-6-14(7-3-1)15-10-11-19-17(12-15)13-16-8-4-5-9-18(16)19;1-2-4-5-3-1;;;;/h1-11H,13H2;1-3H,4H2;1H2;2*1H;/q2*-1;;;;+2/p-2. The Morgan fingerprint density at radius 2 is 1.50 bits per heavy atom. The van der Waals surface area contributed by atoms with Crippen molar-refractivity contribution in [2.75, 3.05) is 0 Å². The van der Waals surface area contributed by atoms with Gasteiger partial charge in [0, 0.05) is 0 Å². The zero-order chi connectivity index (χ0) is 18.2. The maximum atomic E-state index is 3.59. The van der Waals surface area contributed by atoms with Crippen LogP contribution in [0.3, 0.4) is 0 Å². The summed E-state index contributed by atoms with van der Waals surface area (Å²) in [6, 6.07) is 27.1. The molecule has 0 aliphatic heterocycles. The fraction of sp³-hybridized carbons (Fsp3) is 0.0800. The summed E-state index contributed by atoms with van der Waals surface area (Å²) < 4.78 is 3.34. The van der Waals surface area contributed by atoms with Crippen LogP contribution >= 0.6 is 0 Å². The van der Waals surface area contributed by atoms with Gasteiger partial charge in [-0.1, -0.05) is 71.3 Å². The van der Waals surface area contributed by atoms with Crippen molar-refractivity contribution in [2.45, 2.75) is 12.8 Å². The molecule has 0 nitrogen and oxygen atoms in total. The Morgan fingerprint density at radius 1 is 0.786 bits per heavy atom. The molecule has 0 unspecified atom stereocenters. The van der Waals surface area contributed by atoms with Crippen molar-refractivity contribution in [1.82, 2.24) is 0 Å². The van der Waals surface area contributed by atoms with Crippen LogP contribution in [0.5, 0.6) is 0 Å². The molecule has 0 atom stereocenters. The fourth-order valence-corrected chi connectivity index (χ4v) is 3.18. The average molecular weight is 483 g/mol. The van der Waals surface area contributed by atoms with Crippen LogP contribution in [0.2, 0.25) is 0 Å². The molecule has 0 fully saturated rings. The number of halogens is 2. The second-order valence-electron chi connectivity index (χ2n) is 5.97. The Morgan fingerprint density at radius 3 is 2.14 bits per heavy atom. The van der Waals surface area contributed by atoms with Gasteiger partial charge in [0.05, 0.1) is 0 Å². The van der Waals surface area contributed by atoms with Gasteiger partial charge in [-0.2, -0.15) is 6.08 Å². The van der Waals surface area contributed by atoms with Gasteiger partial charge in [0.2, 0.25) is 0 Å². The summed E-state index contributed by atoms with van der Waals surface area (Å²) in [6.07, 6.45) is 11.0. The molecule has 0 radical (unpaired) electrons. The summed E-state index contributed by atoms with van der Waals surface area (Å²) in [6.45, 7) is 0. The summed E-state index contributed by atoms with van der Waals surface area (Å²) in [5.74, 6) is 0. The number of hydrogen-bond donors (Lipinski definition) is 0. The summed E-state index contributed by atoms with van der Waals surface area (Å²) in [7, 11) is 0. The minimum atomic E-state index is 0. The third-order valence-corrected chi connectivity index (χ3v) is 4.37. The molecule has 140 valence electrons. The van der Waals surface area contributed by atoms with E-state index in [4.69, 9.17) is 0 Å². The molecule has 0 heterocycles. The Hall–Kier alpha value is -1.53. The topological polar surface area (TPSA) is 0 Å². The fourth-order valence-electron chi connectivity index (χ4n) is 3.18. The molecule has 0 saturated heterocycles. The van der Waals surface area contributed by atoms with E-state index in [1.165, 1.54) is 57.6 Å². The quantitative estimate of drug-likeness (QED) is 0.336. The summed E-state index contributed by atoms with van der Waals surface area (Å²) in [4.78, 5) is 0. The minimum absolute atomic E-state index is 0. The van der Waals surface area contributed by atoms with Gasteiger partial charge in [-0.05, 0) is 12.0 Å². The molecule has 0 saturated carbocycles. The summed E-state index contributed by atoms with van der Waals surface area (Å²) >= 11 is 1.30. The summed E-state index contributed by atoms with van der Waals surface area (Å²) in [5, 5.41) is 0. The molecule has 0 bridgehead atoms. The third-order valence-electron chi connectivity index (χ3n) is 4.37. The first-order valence-electron chi connectivity index (χ1n) is 8.68. The van der Waals surface area contributed by atoms with Gasteiger partial charge in [-0.3, -0.25) is 6.08 Å². The van der Waals surface area contributed by atoms with Gasteiger partial charge in [0.1, 0.15) is 0 Å². The molecule has 3 heteroatoms. The van der Waals surface area contributed by atoms with E-state index < -0.39 is 0 Å². The van der Waals surface area contributed by atoms with Crippen molar-refractivity contribution >= 4 is 4.21 Å². The Balaban J connectivity index is 0.000000378. The zero-order valence-corrected chi connectivity index (χ0v) is 19.4. The monoisotopic (exact) mass is 480 g/mol. The third kappa shape index (κ3) is 5.98. The van der Waals surface area contributed by atoms with Crippen LogP contribution < -0.4 is 24.8 Å². The van der Waals surface area contributed by atoms with Gasteiger partial charge in [-0.15, -0.1) is 35.7 Å². The van der Waals surface area contributed by atoms with Crippen molar-refractivity contribution in [3.8, 4) is 22.3 Å². The second-order valence-corrected chi connectivity index (χ2v) is 5.97. The first-order valence-corrected chi connectivity index (χ1v) is 10.4. The largest absolute Gasteiger partial charge is 1.00 e. The zero-order valence-electron chi connectivity index (χ0n) is 15.5. The Bertz CT molecular complexity index is 920. The molecule has 0 aromatic heterocycles. The van der Waals surface area contributed by atoms with E-state index in [0.29, 0.717) is 0 Å². The number of allylic oxidation sites excluding steroid dienone is 4.